The zero-order valence-electron chi connectivity index (χ0n) is 18.5. The first-order chi connectivity index (χ1) is 14.2. The minimum Gasteiger partial charge on any atom is -0.461 e. The highest BCUT2D eigenvalue weighted by molar-refractivity contribution is 5.76. The summed E-state index contributed by atoms with van der Waals surface area (Å²) in [5, 5.41) is 22.3. The minimum atomic E-state index is -0.610. The second-order valence-electron chi connectivity index (χ2n) is 9.99. The number of quaternary nitrogens is 1. The smallest absolute Gasteiger partial charge is 0.315 e. The van der Waals surface area contributed by atoms with E-state index in [-0.39, 0.29) is 35.4 Å². The van der Waals surface area contributed by atoms with Crippen molar-refractivity contribution in [1.29, 1.82) is 0 Å². The molecule has 1 aromatic carbocycles. The lowest BCUT2D eigenvalue weighted by molar-refractivity contribution is -0.911. The third kappa shape index (κ3) is 3.41. The predicted octanol–water partition coefficient (Wildman–Crippen LogP) is 1.91. The topological polar surface area (TPSA) is 71.2 Å². The van der Waals surface area contributed by atoms with Crippen LogP contribution in [0.25, 0.3) is 0 Å². The molecule has 5 nitrogen and oxygen atoms in total. The van der Waals surface area contributed by atoms with Gasteiger partial charge in [-0.3, -0.25) is 4.79 Å². The summed E-state index contributed by atoms with van der Waals surface area (Å²) < 4.78 is 5.79. The second kappa shape index (κ2) is 8.10. The van der Waals surface area contributed by atoms with E-state index in [4.69, 9.17) is 4.74 Å². The van der Waals surface area contributed by atoms with Gasteiger partial charge in [0.25, 0.3) is 0 Å². The first-order valence-electron chi connectivity index (χ1n) is 11.4. The Morgan fingerprint density at radius 1 is 1.30 bits per heavy atom. The summed E-state index contributed by atoms with van der Waals surface area (Å²) in [5.41, 5.74) is 1.86. The van der Waals surface area contributed by atoms with E-state index in [2.05, 4.69) is 19.9 Å². The fraction of sp³-hybridized carbons (Fsp3) is 0.640. The fourth-order valence-corrected chi connectivity index (χ4v) is 6.04. The van der Waals surface area contributed by atoms with Crippen LogP contribution in [0.2, 0.25) is 0 Å². The Balaban J connectivity index is 1.52. The molecule has 5 heteroatoms. The molecule has 0 spiro atoms. The third-order valence-electron chi connectivity index (χ3n) is 8.50. The van der Waals surface area contributed by atoms with E-state index in [0.29, 0.717) is 12.5 Å². The summed E-state index contributed by atoms with van der Waals surface area (Å²) >= 11 is 0. The van der Waals surface area contributed by atoms with Crippen molar-refractivity contribution < 1.29 is 24.6 Å². The fourth-order valence-electron chi connectivity index (χ4n) is 6.04. The molecule has 1 unspecified atom stereocenters. The molecule has 1 saturated carbocycles. The van der Waals surface area contributed by atoms with Crippen LogP contribution in [0.5, 0.6) is 0 Å². The molecule has 0 aromatic heterocycles. The van der Waals surface area contributed by atoms with Crippen molar-refractivity contribution in [2.24, 2.45) is 23.2 Å². The number of nitrogens with one attached hydrogen (secondary N) is 1. The lowest BCUT2D eigenvalue weighted by atomic mass is 9.55. The maximum absolute atomic E-state index is 12.8. The Morgan fingerprint density at radius 3 is 2.70 bits per heavy atom. The highest BCUT2D eigenvalue weighted by Gasteiger charge is 2.60. The molecule has 0 amide bonds. The molecule has 164 valence electrons. The Kier molecular flexibility index (Phi) is 5.82. The van der Waals surface area contributed by atoms with Crippen LogP contribution in [0.15, 0.2) is 42.0 Å². The van der Waals surface area contributed by atoms with Gasteiger partial charge in [0.1, 0.15) is 24.2 Å². The van der Waals surface area contributed by atoms with E-state index < -0.39 is 12.2 Å². The number of carbonyl (C=O) groups excluding carboxylic acids is 1. The van der Waals surface area contributed by atoms with Gasteiger partial charge in [-0.15, -0.1) is 0 Å². The second-order valence-corrected chi connectivity index (χ2v) is 9.99. The molecule has 4 rings (SSSR count). The van der Waals surface area contributed by atoms with Crippen molar-refractivity contribution in [2.75, 3.05) is 13.6 Å². The van der Waals surface area contributed by atoms with Crippen molar-refractivity contribution >= 4 is 5.97 Å². The predicted molar refractivity (Wildman–Crippen MR) is 115 cm³/mol. The molecular weight excluding hydrogens is 378 g/mol. The van der Waals surface area contributed by atoms with E-state index >= 15 is 0 Å². The number of esters is 1. The van der Waals surface area contributed by atoms with Gasteiger partial charge in [0.2, 0.25) is 0 Å². The zero-order valence-corrected chi connectivity index (χ0v) is 18.5. The SMILES string of the molecule is C[C@@H]([C@@H](O)c1ccccc1)[NH+](C)C[C@H]1C(=O)O[C@@H]2CC3=CCC[C@H](C)[C@@]3(C)[C@@H](O)[C@@H]21. The summed E-state index contributed by atoms with van der Waals surface area (Å²) in [6, 6.07) is 9.56. The van der Waals surface area contributed by atoms with Crippen molar-refractivity contribution in [3.05, 3.63) is 47.5 Å². The molecule has 0 bridgehead atoms. The molecule has 3 N–H and O–H groups in total. The molecule has 2 aliphatic carbocycles. The van der Waals surface area contributed by atoms with Crippen LogP contribution in [0.1, 0.15) is 51.7 Å². The number of fused-ring (bicyclic) bond motifs is 2. The molecule has 3 aliphatic rings. The first kappa shape index (κ1) is 21.5. The highest BCUT2D eigenvalue weighted by Crippen LogP contribution is 2.55. The summed E-state index contributed by atoms with van der Waals surface area (Å²) in [5.74, 6) is -0.340. The number of allylic oxidation sites excluding steroid dienone is 1. The highest BCUT2D eigenvalue weighted by atomic mass is 16.6. The Bertz CT molecular complexity index is 809. The standard InChI is InChI=1S/C25H35NO4/c1-15-9-8-12-18-13-20-21(23(28)25(15,18)3)19(24(29)30-20)14-26(4)16(2)22(27)17-10-6-5-7-11-17/h5-7,10-12,15-16,19-23,27-28H,8-9,13-14H2,1-4H3/p+1/t15-,16-,19+,20+,21+,22+,23-,25+/m0/s1. The van der Waals surface area contributed by atoms with Gasteiger partial charge in [-0.2, -0.15) is 0 Å². The average molecular weight is 415 g/mol. The number of hydrogen-bond donors (Lipinski definition) is 3. The minimum absolute atomic E-state index is 0.0837. The number of carbonyl (C=O) groups is 1. The van der Waals surface area contributed by atoms with Gasteiger partial charge in [0, 0.05) is 17.8 Å². The van der Waals surface area contributed by atoms with Gasteiger partial charge in [0.05, 0.1) is 19.7 Å². The maximum Gasteiger partial charge on any atom is 0.315 e. The zero-order chi connectivity index (χ0) is 21.6. The Hall–Kier alpha value is -1.69. The van der Waals surface area contributed by atoms with Gasteiger partial charge in [-0.05, 0) is 31.2 Å². The van der Waals surface area contributed by atoms with E-state index in [0.717, 1.165) is 29.7 Å². The number of aliphatic hydroxyl groups is 2. The van der Waals surface area contributed by atoms with Crippen LogP contribution in [0, 0.1) is 23.2 Å². The quantitative estimate of drug-likeness (QED) is 0.509. The Morgan fingerprint density at radius 2 is 2.00 bits per heavy atom. The summed E-state index contributed by atoms with van der Waals surface area (Å²) in [7, 11) is 2.02. The number of benzene rings is 1. The summed E-state index contributed by atoms with van der Waals surface area (Å²) in [6.45, 7) is 6.94. The number of ether oxygens (including phenoxy) is 1. The molecule has 30 heavy (non-hydrogen) atoms. The van der Waals surface area contributed by atoms with Crippen LogP contribution in [-0.4, -0.2) is 48.0 Å². The van der Waals surface area contributed by atoms with Gasteiger partial charge >= 0.3 is 5.97 Å². The molecule has 1 aromatic rings. The van der Waals surface area contributed by atoms with Crippen molar-refractivity contribution in [1.82, 2.24) is 0 Å². The lowest BCUT2D eigenvalue weighted by Crippen LogP contribution is -3.14. The van der Waals surface area contributed by atoms with Crippen molar-refractivity contribution in [2.45, 2.75) is 64.4 Å². The molecule has 2 fully saturated rings. The molecule has 1 aliphatic heterocycles. The largest absolute Gasteiger partial charge is 0.461 e. The normalized spacial score (nSPS) is 38.7. The maximum atomic E-state index is 12.8. The van der Waals surface area contributed by atoms with E-state index in [9.17, 15) is 15.0 Å². The van der Waals surface area contributed by atoms with Crippen LogP contribution in [0.4, 0.5) is 0 Å². The molecule has 9 atom stereocenters. The molecular formula is C25H36NO4+. The summed E-state index contributed by atoms with van der Waals surface area (Å²) in [4.78, 5) is 13.9. The monoisotopic (exact) mass is 414 g/mol. The molecule has 0 radical (unpaired) electrons. The van der Waals surface area contributed by atoms with Gasteiger partial charge in [-0.25, -0.2) is 0 Å². The van der Waals surface area contributed by atoms with Gasteiger partial charge in [0.15, 0.2) is 0 Å². The Labute approximate surface area is 179 Å². The van der Waals surface area contributed by atoms with Gasteiger partial charge < -0.3 is 19.8 Å². The van der Waals surface area contributed by atoms with Crippen LogP contribution in [-0.2, 0) is 9.53 Å². The lowest BCUT2D eigenvalue weighted by Gasteiger charge is -2.51. The summed E-state index contributed by atoms with van der Waals surface area (Å²) in [6.07, 6.45) is 3.68. The van der Waals surface area contributed by atoms with Gasteiger partial charge in [-0.1, -0.05) is 55.8 Å². The number of likely N-dealkylation sites (N-methyl/N-ethyl adjacent to an activating group) is 1. The molecule has 1 heterocycles. The van der Waals surface area contributed by atoms with Crippen LogP contribution in [0.3, 0.4) is 0 Å². The average Bonchev–Trinajstić information content (AvgIpc) is 3.05. The van der Waals surface area contributed by atoms with E-state index in [1.165, 1.54) is 5.57 Å². The van der Waals surface area contributed by atoms with Crippen molar-refractivity contribution in [3.63, 3.8) is 0 Å². The van der Waals surface area contributed by atoms with Crippen molar-refractivity contribution in [3.8, 4) is 0 Å². The van der Waals surface area contributed by atoms with E-state index in [1.807, 2.05) is 44.3 Å². The van der Waals surface area contributed by atoms with Crippen LogP contribution < -0.4 is 4.90 Å². The third-order valence-corrected chi connectivity index (χ3v) is 8.50. The number of rotatable bonds is 5. The number of aliphatic hydroxyl groups excluding tert-OH is 2. The van der Waals surface area contributed by atoms with E-state index in [1.54, 1.807) is 0 Å². The molecule has 1 saturated heterocycles. The van der Waals surface area contributed by atoms with Crippen LogP contribution >= 0.6 is 0 Å². The first-order valence-corrected chi connectivity index (χ1v) is 11.4. The number of hydrogen-bond acceptors (Lipinski definition) is 4.